The number of aromatic nitrogens is 3. The molecule has 4 heterocycles. The van der Waals surface area contributed by atoms with Crippen LogP contribution in [-0.2, 0) is 25.8 Å². The molecule has 3 saturated heterocycles. The predicted octanol–water partition coefficient (Wildman–Crippen LogP) is 4.73. The lowest BCUT2D eigenvalue weighted by molar-refractivity contribution is -0.153. The van der Waals surface area contributed by atoms with E-state index < -0.39 is 29.1 Å². The highest BCUT2D eigenvalue weighted by atomic mass is 16.5. The first kappa shape index (κ1) is 36.2. The average molecular weight is 699 g/mol. The second kappa shape index (κ2) is 15.4. The summed E-state index contributed by atoms with van der Waals surface area (Å²) in [6, 6.07) is 14.0. The van der Waals surface area contributed by atoms with Crippen LogP contribution in [0, 0.1) is 11.8 Å². The predicted molar refractivity (Wildman–Crippen MR) is 194 cm³/mol. The quantitative estimate of drug-likeness (QED) is 0.149. The Morgan fingerprint density at radius 1 is 1.02 bits per heavy atom. The number of anilines is 1. The number of aliphatic hydroxyl groups is 1. The molecule has 3 amide bonds. The summed E-state index contributed by atoms with van der Waals surface area (Å²) in [4.78, 5) is 49.8. The summed E-state index contributed by atoms with van der Waals surface area (Å²) < 4.78 is 14.4. The van der Waals surface area contributed by atoms with Crippen LogP contribution in [0.4, 0.5) is 5.69 Å². The zero-order valence-electron chi connectivity index (χ0n) is 29.8. The van der Waals surface area contributed by atoms with E-state index in [0.717, 1.165) is 18.4 Å². The van der Waals surface area contributed by atoms with Crippen LogP contribution in [0.15, 0.2) is 73.8 Å². The van der Waals surface area contributed by atoms with Gasteiger partial charge < -0.3 is 29.3 Å². The molecule has 2 bridgehead atoms. The van der Waals surface area contributed by atoms with Crippen LogP contribution in [0.25, 0.3) is 11.0 Å². The number of aliphatic hydroxyl groups excluding tert-OH is 1. The molecule has 3 aromatic rings. The smallest absolute Gasteiger partial charge is 0.250 e. The minimum Gasteiger partial charge on any atom is -0.494 e. The van der Waals surface area contributed by atoms with Crippen molar-refractivity contribution >= 4 is 34.4 Å². The highest BCUT2D eigenvalue weighted by molar-refractivity contribution is 6.03. The summed E-state index contributed by atoms with van der Waals surface area (Å²) in [5.74, 6) is -1.64. The topological polar surface area (TPSA) is 130 Å². The highest BCUT2D eigenvalue weighted by Gasteiger charge is 2.79. The van der Waals surface area contributed by atoms with E-state index in [1.807, 2.05) is 62.4 Å². The molecule has 5 atom stereocenters. The number of rotatable bonds is 18. The van der Waals surface area contributed by atoms with Crippen LogP contribution >= 0.6 is 0 Å². The van der Waals surface area contributed by atoms with E-state index in [-0.39, 0.29) is 44.1 Å². The summed E-state index contributed by atoms with van der Waals surface area (Å²) >= 11 is 0. The van der Waals surface area contributed by atoms with Gasteiger partial charge in [0, 0.05) is 31.9 Å². The Morgan fingerprint density at radius 3 is 2.47 bits per heavy atom. The van der Waals surface area contributed by atoms with Gasteiger partial charge in [-0.1, -0.05) is 49.3 Å². The SMILES string of the molecule is C=CCN(Cn1nnc2ccccc21)C(=O)C1N(CCCCCCO)C(=O)[C@@H]2[C@@H](C(=O)N(CC=C)c3ccc(OCC)cc3)[C@@]3(CC)CCC12O3. The van der Waals surface area contributed by atoms with Gasteiger partial charge in [-0.3, -0.25) is 14.4 Å². The molecular formula is C39H50N6O6. The van der Waals surface area contributed by atoms with Crippen LogP contribution in [0.5, 0.6) is 5.75 Å². The number of hydrogen-bond acceptors (Lipinski definition) is 8. The minimum atomic E-state index is -1.18. The molecule has 2 aromatic carbocycles. The van der Waals surface area contributed by atoms with Crippen molar-refractivity contribution in [2.75, 3.05) is 37.7 Å². The van der Waals surface area contributed by atoms with Crippen molar-refractivity contribution in [3.63, 3.8) is 0 Å². The molecule has 0 radical (unpaired) electrons. The van der Waals surface area contributed by atoms with Gasteiger partial charge in [0.05, 0.1) is 29.6 Å². The second-order valence-electron chi connectivity index (χ2n) is 13.7. The number of amides is 3. The first-order valence-electron chi connectivity index (χ1n) is 18.2. The van der Waals surface area contributed by atoms with E-state index >= 15 is 4.79 Å². The monoisotopic (exact) mass is 698 g/mol. The van der Waals surface area contributed by atoms with Gasteiger partial charge in [-0.15, -0.1) is 18.3 Å². The lowest BCUT2D eigenvalue weighted by Gasteiger charge is -2.37. The fourth-order valence-corrected chi connectivity index (χ4v) is 8.60. The molecule has 2 unspecified atom stereocenters. The van der Waals surface area contributed by atoms with Gasteiger partial charge in [0.15, 0.2) is 0 Å². The van der Waals surface area contributed by atoms with Crippen molar-refractivity contribution in [1.29, 1.82) is 0 Å². The van der Waals surface area contributed by atoms with Crippen LogP contribution in [0.3, 0.4) is 0 Å². The molecule has 6 rings (SSSR count). The normalized spacial score (nSPS) is 24.9. The van der Waals surface area contributed by atoms with E-state index in [1.165, 1.54) is 0 Å². The maximum atomic E-state index is 15.0. The number of likely N-dealkylation sites (tertiary alicyclic amines) is 1. The van der Waals surface area contributed by atoms with Crippen molar-refractivity contribution in [2.24, 2.45) is 11.8 Å². The van der Waals surface area contributed by atoms with Crippen molar-refractivity contribution in [1.82, 2.24) is 24.8 Å². The highest BCUT2D eigenvalue weighted by Crippen LogP contribution is 2.64. The number of nitrogens with zero attached hydrogens (tertiary/aromatic N) is 6. The van der Waals surface area contributed by atoms with Crippen molar-refractivity contribution in [3.8, 4) is 5.75 Å². The maximum absolute atomic E-state index is 15.0. The van der Waals surface area contributed by atoms with Gasteiger partial charge >= 0.3 is 0 Å². The van der Waals surface area contributed by atoms with Crippen LogP contribution in [0.1, 0.15) is 58.8 Å². The van der Waals surface area contributed by atoms with Gasteiger partial charge in [-0.2, -0.15) is 0 Å². The number of carbonyl (C=O) groups is 3. The van der Waals surface area contributed by atoms with Crippen LogP contribution in [0.2, 0.25) is 0 Å². The summed E-state index contributed by atoms with van der Waals surface area (Å²) in [6.45, 7) is 13.3. The number of para-hydroxylation sites is 1. The summed E-state index contributed by atoms with van der Waals surface area (Å²) in [5.41, 5.74) is 0.0758. The lowest BCUT2D eigenvalue weighted by atomic mass is 9.64. The van der Waals surface area contributed by atoms with Gasteiger partial charge in [-0.25, -0.2) is 4.68 Å². The van der Waals surface area contributed by atoms with Gasteiger partial charge in [0.2, 0.25) is 17.7 Å². The number of unbranched alkanes of at least 4 members (excludes halogenated alkanes) is 3. The third-order valence-corrected chi connectivity index (χ3v) is 10.9. The Labute approximate surface area is 299 Å². The fraction of sp³-hybridized carbons (Fsp3) is 0.513. The van der Waals surface area contributed by atoms with Crippen molar-refractivity contribution in [2.45, 2.75) is 82.7 Å². The van der Waals surface area contributed by atoms with Crippen LogP contribution in [-0.4, -0.2) is 97.7 Å². The van der Waals surface area contributed by atoms with Crippen LogP contribution < -0.4 is 9.64 Å². The third-order valence-electron chi connectivity index (χ3n) is 10.9. The van der Waals surface area contributed by atoms with E-state index in [1.54, 1.807) is 31.5 Å². The van der Waals surface area contributed by atoms with Gasteiger partial charge in [-0.05, 0) is 75.4 Å². The molecule has 1 N–H and O–H groups in total. The Morgan fingerprint density at radius 2 is 1.76 bits per heavy atom. The largest absolute Gasteiger partial charge is 0.494 e. The molecule has 3 aliphatic heterocycles. The first-order chi connectivity index (χ1) is 24.8. The lowest BCUT2D eigenvalue weighted by Crippen LogP contribution is -2.56. The minimum absolute atomic E-state index is 0.104. The van der Waals surface area contributed by atoms with Gasteiger partial charge in [0.25, 0.3) is 0 Å². The average Bonchev–Trinajstić information content (AvgIpc) is 3.87. The molecule has 272 valence electrons. The molecule has 51 heavy (non-hydrogen) atoms. The third kappa shape index (κ3) is 6.44. The van der Waals surface area contributed by atoms with Crippen molar-refractivity contribution in [3.05, 3.63) is 73.8 Å². The Hall–Kier alpha value is -4.55. The molecule has 12 heteroatoms. The zero-order chi connectivity index (χ0) is 36.2. The molecule has 1 spiro atoms. The maximum Gasteiger partial charge on any atom is 0.250 e. The molecule has 1 aromatic heterocycles. The zero-order valence-corrected chi connectivity index (χ0v) is 29.8. The van der Waals surface area contributed by atoms with E-state index in [9.17, 15) is 14.7 Å². The fourth-order valence-electron chi connectivity index (χ4n) is 8.60. The second-order valence-corrected chi connectivity index (χ2v) is 13.7. The molecule has 12 nitrogen and oxygen atoms in total. The van der Waals surface area contributed by atoms with E-state index in [2.05, 4.69) is 23.5 Å². The molecule has 3 aliphatic rings. The number of hydrogen-bond donors (Lipinski definition) is 1. The first-order valence-corrected chi connectivity index (χ1v) is 18.2. The number of benzene rings is 2. The van der Waals surface area contributed by atoms with E-state index in [0.29, 0.717) is 62.2 Å². The number of ether oxygens (including phenoxy) is 2. The Kier molecular flexibility index (Phi) is 10.9. The molecule has 3 fully saturated rings. The van der Waals surface area contributed by atoms with E-state index in [4.69, 9.17) is 9.47 Å². The summed E-state index contributed by atoms with van der Waals surface area (Å²) in [5, 5.41) is 17.9. The number of carbonyl (C=O) groups excluding carboxylic acids is 3. The van der Waals surface area contributed by atoms with Crippen molar-refractivity contribution < 1.29 is 29.0 Å². The molecule has 0 aliphatic carbocycles. The number of fused-ring (bicyclic) bond motifs is 2. The standard InChI is InChI=1S/C39H50N6O6/c1-5-23-42(27-45-31-16-12-11-15-30(31)40-41-45)37(49)34-39-22-21-38(7-3,51-39)32(33(39)36(48)44(34)25-13-9-10-14-26-46)35(47)43(24-6-2)28-17-19-29(20-18-28)50-8-4/h5-6,11-12,15-20,32-34,46H,1-2,7-10,13-14,21-27H2,3-4H3/t32-,33-,34?,38+,39?/m0/s1. The molecule has 0 saturated carbocycles. The summed E-state index contributed by atoms with van der Waals surface area (Å²) in [7, 11) is 0. The molecular weight excluding hydrogens is 648 g/mol. The Bertz CT molecular complexity index is 1740. The van der Waals surface area contributed by atoms with Gasteiger partial charge in [0.1, 0.15) is 29.6 Å². The summed E-state index contributed by atoms with van der Waals surface area (Å²) in [6.07, 6.45) is 7.82. The Balaban J connectivity index is 1.38.